The van der Waals surface area contributed by atoms with Crippen molar-refractivity contribution < 1.29 is 80.5 Å². The van der Waals surface area contributed by atoms with Crippen LogP contribution >= 0.6 is 0 Å². The molecular formula is C14H4F14O4. The van der Waals surface area contributed by atoms with E-state index in [0.717, 1.165) is 0 Å². The number of carbonyl (C=O) groups excluding carboxylic acids is 2. The molecule has 0 unspecified atom stereocenters. The van der Waals surface area contributed by atoms with E-state index in [0.29, 0.717) is 0 Å². The van der Waals surface area contributed by atoms with Crippen LogP contribution in [0.4, 0.5) is 61.5 Å². The summed E-state index contributed by atoms with van der Waals surface area (Å²) in [4.78, 5) is 22.0. The molecule has 0 aromatic heterocycles. The molecule has 1 rings (SSSR count). The molecule has 18 heteroatoms. The monoisotopic (exact) mass is 502 g/mol. The number of esters is 2. The molecule has 32 heavy (non-hydrogen) atoms. The van der Waals surface area contributed by atoms with Gasteiger partial charge in [-0.2, -0.15) is 61.5 Å². The van der Waals surface area contributed by atoms with Gasteiger partial charge in [0.05, 0.1) is 0 Å². The quantitative estimate of drug-likeness (QED) is 0.307. The predicted molar refractivity (Wildman–Crippen MR) is 69.6 cm³/mol. The summed E-state index contributed by atoms with van der Waals surface area (Å²) in [5.41, 5.74) is 0. The summed E-state index contributed by atoms with van der Waals surface area (Å²) < 4.78 is 182. The van der Waals surface area contributed by atoms with E-state index in [-0.39, 0.29) is 24.3 Å². The average molecular weight is 502 g/mol. The predicted octanol–water partition coefficient (Wildman–Crippen LogP) is 5.16. The highest BCUT2D eigenvalue weighted by atomic mass is 19.4. The first-order valence-electron chi connectivity index (χ1n) is 7.19. The summed E-state index contributed by atoms with van der Waals surface area (Å²) in [5.74, 6) is -36.0. The van der Waals surface area contributed by atoms with Crippen molar-refractivity contribution in [1.82, 2.24) is 0 Å². The summed E-state index contributed by atoms with van der Waals surface area (Å²) in [7, 11) is 0. The minimum Gasteiger partial charge on any atom is -0.422 e. The molecule has 0 saturated carbocycles. The topological polar surface area (TPSA) is 52.6 Å². The van der Waals surface area contributed by atoms with Crippen LogP contribution in [0.25, 0.3) is 0 Å². The number of hydrogen-bond acceptors (Lipinski definition) is 4. The number of rotatable bonds is 6. The highest BCUT2D eigenvalue weighted by Gasteiger charge is 2.78. The lowest BCUT2D eigenvalue weighted by Gasteiger charge is -2.26. The van der Waals surface area contributed by atoms with Gasteiger partial charge in [-0.1, -0.05) is 0 Å². The van der Waals surface area contributed by atoms with Crippen LogP contribution in [0.2, 0.25) is 0 Å². The van der Waals surface area contributed by atoms with E-state index in [9.17, 15) is 71.1 Å². The van der Waals surface area contributed by atoms with Gasteiger partial charge in [-0.15, -0.1) is 0 Å². The second-order valence-corrected chi connectivity index (χ2v) is 5.54. The van der Waals surface area contributed by atoms with E-state index in [4.69, 9.17) is 0 Å². The van der Waals surface area contributed by atoms with Crippen LogP contribution in [0.5, 0.6) is 11.5 Å². The molecule has 0 aliphatic heterocycles. The Balaban J connectivity index is 2.99. The summed E-state index contributed by atoms with van der Waals surface area (Å²) >= 11 is 0. The zero-order valence-corrected chi connectivity index (χ0v) is 14.2. The number of carbonyl (C=O) groups is 2. The van der Waals surface area contributed by atoms with Gasteiger partial charge >= 0.3 is 48.0 Å². The van der Waals surface area contributed by atoms with Gasteiger partial charge in [0.15, 0.2) is 0 Å². The lowest BCUT2D eigenvalue weighted by atomic mass is 10.1. The fourth-order valence-corrected chi connectivity index (χ4v) is 1.53. The maximum Gasteiger partial charge on any atom is 0.460 e. The van der Waals surface area contributed by atoms with E-state index in [2.05, 4.69) is 9.47 Å². The fourth-order valence-electron chi connectivity index (χ4n) is 1.53. The Hall–Kier alpha value is -2.82. The highest BCUT2D eigenvalue weighted by molar-refractivity contribution is 5.82. The Morgan fingerprint density at radius 2 is 0.719 bits per heavy atom. The summed E-state index contributed by atoms with van der Waals surface area (Å²) in [6.45, 7) is 0. The molecule has 0 saturated heterocycles. The number of halogens is 14. The zero-order valence-electron chi connectivity index (χ0n) is 14.2. The van der Waals surface area contributed by atoms with Crippen LogP contribution in [0.3, 0.4) is 0 Å². The van der Waals surface area contributed by atoms with Gasteiger partial charge in [-0.25, -0.2) is 9.59 Å². The molecule has 0 atom stereocenters. The zero-order chi connectivity index (χ0) is 25.6. The number of ether oxygens (including phenoxy) is 2. The third-order valence-electron chi connectivity index (χ3n) is 3.26. The molecular weight excluding hydrogens is 498 g/mol. The molecule has 0 spiro atoms. The summed E-state index contributed by atoms with van der Waals surface area (Å²) in [6, 6.07) is 0.621. The molecule has 182 valence electrons. The first-order valence-corrected chi connectivity index (χ1v) is 7.19. The van der Waals surface area contributed by atoms with Crippen molar-refractivity contribution in [3.05, 3.63) is 24.3 Å². The first kappa shape index (κ1) is 27.2. The molecule has 0 heterocycles. The van der Waals surface area contributed by atoms with E-state index >= 15 is 0 Å². The molecule has 0 aliphatic carbocycles. The first-order chi connectivity index (χ1) is 14.0. The second kappa shape index (κ2) is 7.95. The van der Waals surface area contributed by atoms with Crippen LogP contribution in [-0.4, -0.2) is 48.0 Å². The normalized spacial score (nSPS) is 14.2. The minimum absolute atomic E-state index is 0.155. The Labute approximate surface area is 165 Å². The van der Waals surface area contributed by atoms with Crippen LogP contribution in [0, 0.1) is 0 Å². The van der Waals surface area contributed by atoms with Crippen molar-refractivity contribution in [3.63, 3.8) is 0 Å². The third-order valence-corrected chi connectivity index (χ3v) is 3.26. The standard InChI is InChI=1S/C14H4F14O4/c15-9(16,11(19,20)13(23,24)25)7(29)31-5-1-2-6(4-3-5)32-8(30)10(17,18)12(21,22)14(26,27)28/h1-4H. The number of hydrogen-bond donors (Lipinski definition) is 0. The van der Waals surface area contributed by atoms with E-state index in [1.165, 1.54) is 0 Å². The van der Waals surface area contributed by atoms with Crippen molar-refractivity contribution in [2.24, 2.45) is 0 Å². The van der Waals surface area contributed by atoms with Gasteiger partial charge in [-0.3, -0.25) is 0 Å². The van der Waals surface area contributed by atoms with Crippen molar-refractivity contribution >= 4 is 11.9 Å². The SMILES string of the molecule is O=C(Oc1ccc(OC(=O)C(F)(F)C(F)(F)C(F)(F)F)cc1)C(F)(F)C(F)(F)C(F)(F)F. The van der Waals surface area contributed by atoms with Gasteiger partial charge in [0.2, 0.25) is 0 Å². The van der Waals surface area contributed by atoms with Crippen LogP contribution in [0.15, 0.2) is 24.3 Å². The Morgan fingerprint density at radius 1 is 0.500 bits per heavy atom. The van der Waals surface area contributed by atoms with Gasteiger partial charge in [0, 0.05) is 0 Å². The van der Waals surface area contributed by atoms with Gasteiger partial charge in [0.25, 0.3) is 0 Å². The molecule has 0 aliphatic rings. The average Bonchev–Trinajstić information content (AvgIpc) is 2.60. The van der Waals surface area contributed by atoms with Crippen LogP contribution in [0.1, 0.15) is 0 Å². The highest BCUT2D eigenvalue weighted by Crippen LogP contribution is 2.48. The van der Waals surface area contributed by atoms with Crippen molar-refractivity contribution in [2.45, 2.75) is 36.0 Å². The molecule has 0 bridgehead atoms. The maximum absolute atomic E-state index is 13.1. The van der Waals surface area contributed by atoms with Crippen molar-refractivity contribution in [3.8, 4) is 11.5 Å². The Kier molecular flexibility index (Phi) is 6.76. The maximum atomic E-state index is 13.1. The Bertz CT molecular complexity index is 783. The number of benzene rings is 1. The Morgan fingerprint density at radius 3 is 0.906 bits per heavy atom. The fraction of sp³-hybridized carbons (Fsp3) is 0.429. The molecule has 1 aromatic carbocycles. The van der Waals surface area contributed by atoms with Crippen LogP contribution < -0.4 is 9.47 Å². The van der Waals surface area contributed by atoms with E-state index in [1.54, 1.807) is 0 Å². The lowest BCUT2D eigenvalue weighted by molar-refractivity contribution is -0.346. The molecule has 4 nitrogen and oxygen atoms in total. The van der Waals surface area contributed by atoms with Gasteiger partial charge in [0.1, 0.15) is 11.5 Å². The number of alkyl halides is 14. The lowest BCUT2D eigenvalue weighted by Crippen LogP contribution is -2.57. The van der Waals surface area contributed by atoms with Crippen LogP contribution in [-0.2, 0) is 9.59 Å². The van der Waals surface area contributed by atoms with Gasteiger partial charge in [-0.05, 0) is 24.3 Å². The largest absolute Gasteiger partial charge is 0.460 e. The molecule has 1 aromatic rings. The smallest absolute Gasteiger partial charge is 0.422 e. The second-order valence-electron chi connectivity index (χ2n) is 5.54. The molecule has 0 amide bonds. The molecule has 0 fully saturated rings. The van der Waals surface area contributed by atoms with Gasteiger partial charge < -0.3 is 9.47 Å². The van der Waals surface area contributed by atoms with Crippen molar-refractivity contribution in [1.29, 1.82) is 0 Å². The molecule has 0 N–H and O–H groups in total. The minimum atomic E-state index is -6.88. The van der Waals surface area contributed by atoms with E-state index < -0.39 is 59.5 Å². The van der Waals surface area contributed by atoms with E-state index in [1.807, 2.05) is 0 Å². The summed E-state index contributed by atoms with van der Waals surface area (Å²) in [5, 5.41) is 0. The molecule has 0 radical (unpaired) electrons. The third kappa shape index (κ3) is 4.67. The summed E-state index contributed by atoms with van der Waals surface area (Å²) in [6.07, 6.45) is -13.8. The van der Waals surface area contributed by atoms with Crippen molar-refractivity contribution in [2.75, 3.05) is 0 Å².